The van der Waals surface area contributed by atoms with E-state index in [1.54, 1.807) is 11.3 Å². The Balaban J connectivity index is 0.00000341. The van der Waals surface area contributed by atoms with Gasteiger partial charge in [-0.1, -0.05) is 45.0 Å². The Morgan fingerprint density at radius 3 is 2.42 bits per heavy atom. The lowest BCUT2D eigenvalue weighted by Crippen LogP contribution is -2.54. The molecule has 6 nitrogen and oxygen atoms in total. The molecule has 170 valence electrons. The maximum atomic E-state index is 12.8. The van der Waals surface area contributed by atoms with Crippen molar-refractivity contribution in [2.24, 2.45) is 11.1 Å². The maximum absolute atomic E-state index is 12.8. The molecule has 2 heterocycles. The molecule has 3 rings (SSSR count). The van der Waals surface area contributed by atoms with Crippen molar-refractivity contribution < 1.29 is 14.7 Å². The highest BCUT2D eigenvalue weighted by atomic mass is 35.5. The molecule has 0 unspecified atom stereocenters. The van der Waals surface area contributed by atoms with Crippen molar-refractivity contribution in [3.8, 4) is 10.4 Å². The Hall–Kier alpha value is -1.93. The van der Waals surface area contributed by atoms with Gasteiger partial charge in [-0.25, -0.2) is 0 Å². The van der Waals surface area contributed by atoms with E-state index < -0.39 is 23.6 Å². The number of hydrogen-bond acceptors (Lipinski definition) is 5. The Morgan fingerprint density at radius 2 is 1.87 bits per heavy atom. The van der Waals surface area contributed by atoms with E-state index in [2.05, 4.69) is 24.4 Å². The number of rotatable bonds is 5. The second-order valence-corrected chi connectivity index (χ2v) is 10.4. The fourth-order valence-corrected chi connectivity index (χ4v) is 4.41. The van der Waals surface area contributed by atoms with E-state index in [1.807, 2.05) is 45.0 Å². The number of thiophene rings is 1. The molecule has 31 heavy (non-hydrogen) atoms. The first-order valence-electron chi connectivity index (χ1n) is 10.2. The van der Waals surface area contributed by atoms with Crippen molar-refractivity contribution in [3.05, 3.63) is 46.8 Å². The summed E-state index contributed by atoms with van der Waals surface area (Å²) in [4.78, 5) is 29.5. The summed E-state index contributed by atoms with van der Waals surface area (Å²) in [5.41, 5.74) is 7.81. The number of carbonyl (C=O) groups is 2. The number of aryl methyl sites for hydroxylation is 1. The topological polar surface area (TPSA) is 95.7 Å². The van der Waals surface area contributed by atoms with Gasteiger partial charge in [-0.05, 0) is 35.6 Å². The van der Waals surface area contributed by atoms with Gasteiger partial charge in [0.2, 0.25) is 11.8 Å². The third-order valence-corrected chi connectivity index (χ3v) is 6.56. The normalized spacial score (nSPS) is 19.6. The number of β-amino-alcohol motifs (C(OH)–C–C–N with tert-alkyl or cyclic N) is 1. The fourth-order valence-electron chi connectivity index (χ4n) is 3.54. The van der Waals surface area contributed by atoms with Crippen molar-refractivity contribution >= 4 is 35.6 Å². The number of hydrogen-bond donors (Lipinski definition) is 3. The summed E-state index contributed by atoms with van der Waals surface area (Å²) >= 11 is 1.75. The van der Waals surface area contributed by atoms with E-state index in [0.29, 0.717) is 6.54 Å². The van der Waals surface area contributed by atoms with Crippen molar-refractivity contribution in [1.82, 2.24) is 10.2 Å². The van der Waals surface area contributed by atoms with E-state index in [0.717, 1.165) is 11.1 Å². The van der Waals surface area contributed by atoms with Crippen LogP contribution in [0.1, 0.15) is 37.6 Å². The van der Waals surface area contributed by atoms with Gasteiger partial charge in [0.25, 0.3) is 0 Å². The Bertz CT molecular complexity index is 908. The Morgan fingerprint density at radius 1 is 1.23 bits per heavy atom. The molecule has 0 radical (unpaired) electrons. The molecule has 1 aliphatic heterocycles. The summed E-state index contributed by atoms with van der Waals surface area (Å²) in [5, 5.41) is 13.0. The van der Waals surface area contributed by atoms with E-state index in [-0.39, 0.29) is 37.2 Å². The molecule has 0 spiro atoms. The van der Waals surface area contributed by atoms with Gasteiger partial charge in [0, 0.05) is 29.3 Å². The molecule has 4 N–H and O–H groups in total. The third kappa shape index (κ3) is 6.07. The summed E-state index contributed by atoms with van der Waals surface area (Å²) in [6.45, 7) is 8.24. The molecule has 1 aromatic heterocycles. The molecule has 1 saturated heterocycles. The largest absolute Gasteiger partial charge is 0.391 e. The molecule has 2 aromatic rings. The average molecular weight is 466 g/mol. The minimum atomic E-state index is -0.730. The van der Waals surface area contributed by atoms with Crippen LogP contribution in [0.25, 0.3) is 10.4 Å². The lowest BCUT2D eigenvalue weighted by molar-refractivity contribution is -0.141. The molecule has 1 aromatic carbocycles. The second-order valence-electron chi connectivity index (χ2n) is 9.06. The molecule has 1 aliphatic rings. The van der Waals surface area contributed by atoms with Gasteiger partial charge >= 0.3 is 0 Å². The molecular weight excluding hydrogens is 434 g/mol. The van der Waals surface area contributed by atoms with Gasteiger partial charge in [0.1, 0.15) is 6.04 Å². The Kier molecular flexibility index (Phi) is 8.27. The number of nitrogens with one attached hydrogen (secondary N) is 1. The van der Waals surface area contributed by atoms with Crippen LogP contribution in [0.3, 0.4) is 0 Å². The summed E-state index contributed by atoms with van der Waals surface area (Å²) in [6, 6.07) is 10.9. The predicted octanol–water partition coefficient (Wildman–Crippen LogP) is 3.10. The van der Waals surface area contributed by atoms with Gasteiger partial charge < -0.3 is 21.1 Å². The van der Waals surface area contributed by atoms with Crippen LogP contribution in [0.5, 0.6) is 0 Å². The number of halogens is 1. The number of aliphatic hydroxyl groups excluding tert-OH is 1. The highest BCUT2D eigenvalue weighted by Crippen LogP contribution is 2.28. The SMILES string of the molecule is Cc1ccc(-c2ccc(CNC(=O)[C@@H]3C[C@@H](O)CN3C(=O)[C@@H](N)C(C)(C)C)cc2)s1.Cl. The van der Waals surface area contributed by atoms with Crippen LogP contribution < -0.4 is 11.1 Å². The van der Waals surface area contributed by atoms with Gasteiger partial charge in [-0.3, -0.25) is 9.59 Å². The predicted molar refractivity (Wildman–Crippen MR) is 127 cm³/mol. The molecule has 0 aliphatic carbocycles. The minimum Gasteiger partial charge on any atom is -0.391 e. The maximum Gasteiger partial charge on any atom is 0.243 e. The molecule has 3 atom stereocenters. The van der Waals surface area contributed by atoms with Crippen molar-refractivity contribution in [1.29, 1.82) is 0 Å². The van der Waals surface area contributed by atoms with Crippen molar-refractivity contribution in [2.75, 3.05) is 6.54 Å². The summed E-state index contributed by atoms with van der Waals surface area (Å²) in [5.74, 6) is -0.561. The van der Waals surface area contributed by atoms with Gasteiger partial charge in [-0.2, -0.15) is 0 Å². The molecule has 2 amide bonds. The van der Waals surface area contributed by atoms with Crippen molar-refractivity contribution in [3.63, 3.8) is 0 Å². The van der Waals surface area contributed by atoms with Crippen molar-refractivity contribution in [2.45, 2.75) is 58.8 Å². The minimum absolute atomic E-state index is 0. The highest BCUT2D eigenvalue weighted by Gasteiger charge is 2.42. The molecule has 1 fully saturated rings. The average Bonchev–Trinajstić information content (AvgIpc) is 3.30. The van der Waals surface area contributed by atoms with Crippen LogP contribution >= 0.6 is 23.7 Å². The number of aliphatic hydroxyl groups is 1. The lowest BCUT2D eigenvalue weighted by atomic mass is 9.86. The van der Waals surface area contributed by atoms with E-state index >= 15 is 0 Å². The number of nitrogens with two attached hydrogens (primary N) is 1. The summed E-state index contributed by atoms with van der Waals surface area (Å²) in [7, 11) is 0. The van der Waals surface area contributed by atoms with Crippen LogP contribution in [0.2, 0.25) is 0 Å². The van der Waals surface area contributed by atoms with Gasteiger partial charge in [0.15, 0.2) is 0 Å². The monoisotopic (exact) mass is 465 g/mol. The third-order valence-electron chi connectivity index (χ3n) is 5.51. The first kappa shape index (κ1) is 25.3. The number of carbonyl (C=O) groups excluding carboxylic acids is 2. The van der Waals surface area contributed by atoms with E-state index in [1.165, 1.54) is 14.7 Å². The first-order valence-corrected chi connectivity index (χ1v) is 11.1. The van der Waals surface area contributed by atoms with Crippen LogP contribution in [-0.2, 0) is 16.1 Å². The number of amides is 2. The molecular formula is C23H32ClN3O3S. The van der Waals surface area contributed by atoms with Gasteiger partial charge in [-0.15, -0.1) is 23.7 Å². The number of likely N-dealkylation sites (tertiary alicyclic amines) is 1. The fraction of sp³-hybridized carbons (Fsp3) is 0.478. The zero-order chi connectivity index (χ0) is 22.1. The molecule has 8 heteroatoms. The van der Waals surface area contributed by atoms with Crippen LogP contribution in [0.15, 0.2) is 36.4 Å². The Labute approximate surface area is 194 Å². The molecule has 0 saturated carbocycles. The van der Waals surface area contributed by atoms with Crippen LogP contribution in [-0.4, -0.2) is 46.6 Å². The highest BCUT2D eigenvalue weighted by molar-refractivity contribution is 7.15. The zero-order valence-electron chi connectivity index (χ0n) is 18.4. The van der Waals surface area contributed by atoms with Gasteiger partial charge in [0.05, 0.1) is 12.1 Å². The summed E-state index contributed by atoms with van der Waals surface area (Å²) in [6.07, 6.45) is -0.490. The zero-order valence-corrected chi connectivity index (χ0v) is 20.1. The van der Waals surface area contributed by atoms with E-state index in [4.69, 9.17) is 5.73 Å². The first-order chi connectivity index (χ1) is 14.1. The lowest BCUT2D eigenvalue weighted by Gasteiger charge is -2.32. The van der Waals surface area contributed by atoms with Crippen LogP contribution in [0.4, 0.5) is 0 Å². The summed E-state index contributed by atoms with van der Waals surface area (Å²) < 4.78 is 0. The number of benzene rings is 1. The smallest absolute Gasteiger partial charge is 0.243 e. The van der Waals surface area contributed by atoms with Crippen LogP contribution in [0, 0.1) is 12.3 Å². The second kappa shape index (κ2) is 10.1. The number of nitrogens with zero attached hydrogens (tertiary/aromatic N) is 1. The van der Waals surface area contributed by atoms with E-state index in [9.17, 15) is 14.7 Å². The quantitative estimate of drug-likeness (QED) is 0.632. The standard InChI is InChI=1S/C23H31N3O3S.ClH/c1-14-5-10-19(30-14)16-8-6-15(7-9-16)12-25-21(28)18-11-17(27)13-26(18)22(29)20(24)23(2,3)4;/h5-10,17-18,20,27H,11-13,24H2,1-4H3,(H,25,28);1H/t17-,18+,20-;/m1./s1. The molecule has 0 bridgehead atoms.